The van der Waals surface area contributed by atoms with E-state index < -0.39 is 21.7 Å². The molecule has 0 spiro atoms. The van der Waals surface area contributed by atoms with Gasteiger partial charge in [-0.2, -0.15) is 4.31 Å². The Labute approximate surface area is 185 Å². The SMILES string of the molecule is COc1cc(OC)cc(N2CN(S(C)(=O)=O)CC(=O)C(c3nc4ccccc4[nH]3)C2=N)c1. The van der Waals surface area contributed by atoms with Crippen LogP contribution < -0.4 is 14.4 Å². The van der Waals surface area contributed by atoms with Crippen LogP contribution in [0.15, 0.2) is 42.5 Å². The third-order valence-electron chi connectivity index (χ3n) is 5.32. The van der Waals surface area contributed by atoms with Gasteiger partial charge in [-0.1, -0.05) is 12.1 Å². The zero-order valence-corrected chi connectivity index (χ0v) is 18.6. The van der Waals surface area contributed by atoms with Gasteiger partial charge in [0.25, 0.3) is 0 Å². The van der Waals surface area contributed by atoms with Gasteiger partial charge in [-0.05, 0) is 12.1 Å². The van der Waals surface area contributed by atoms with E-state index in [1.165, 1.54) is 19.1 Å². The predicted molar refractivity (Wildman–Crippen MR) is 120 cm³/mol. The molecule has 10 nitrogen and oxygen atoms in total. The highest BCUT2D eigenvalue weighted by molar-refractivity contribution is 7.88. The molecule has 1 aromatic heterocycles. The summed E-state index contributed by atoms with van der Waals surface area (Å²) < 4.78 is 36.5. The lowest BCUT2D eigenvalue weighted by molar-refractivity contribution is -0.119. The van der Waals surface area contributed by atoms with Crippen LogP contribution in [0.3, 0.4) is 0 Å². The van der Waals surface area contributed by atoms with E-state index in [1.807, 2.05) is 18.2 Å². The molecule has 1 unspecified atom stereocenters. The van der Waals surface area contributed by atoms with Gasteiger partial charge in [0.1, 0.15) is 29.1 Å². The fraction of sp³-hybridized carbons (Fsp3) is 0.286. The first kappa shape index (κ1) is 21.8. The summed E-state index contributed by atoms with van der Waals surface area (Å²) in [6.45, 7) is -0.586. The average Bonchev–Trinajstić information content (AvgIpc) is 3.12. The van der Waals surface area contributed by atoms with E-state index in [9.17, 15) is 13.2 Å². The van der Waals surface area contributed by atoms with Crippen LogP contribution >= 0.6 is 0 Å². The number of sulfonamides is 1. The van der Waals surface area contributed by atoms with Crippen molar-refractivity contribution in [1.82, 2.24) is 14.3 Å². The Balaban J connectivity index is 1.85. The Bertz CT molecular complexity index is 1250. The van der Waals surface area contributed by atoms with Crippen molar-refractivity contribution in [3.05, 3.63) is 48.3 Å². The zero-order chi connectivity index (χ0) is 23.0. The van der Waals surface area contributed by atoms with Gasteiger partial charge in [0.15, 0.2) is 5.78 Å². The van der Waals surface area contributed by atoms with Crippen LogP contribution in [-0.4, -0.2) is 68.0 Å². The van der Waals surface area contributed by atoms with Crippen LogP contribution in [0, 0.1) is 5.41 Å². The van der Waals surface area contributed by atoms with Crippen molar-refractivity contribution in [2.45, 2.75) is 5.92 Å². The van der Waals surface area contributed by atoms with E-state index in [4.69, 9.17) is 14.9 Å². The van der Waals surface area contributed by atoms with Crippen LogP contribution in [-0.2, 0) is 14.8 Å². The quantitative estimate of drug-likeness (QED) is 0.599. The molecule has 1 saturated heterocycles. The zero-order valence-electron chi connectivity index (χ0n) is 17.8. The molecule has 1 aliphatic heterocycles. The molecule has 0 saturated carbocycles. The number of anilines is 1. The van der Waals surface area contributed by atoms with Crippen molar-refractivity contribution in [3.8, 4) is 11.5 Å². The lowest BCUT2D eigenvalue weighted by Gasteiger charge is -2.29. The molecular formula is C21H23N5O5S. The van der Waals surface area contributed by atoms with Crippen molar-refractivity contribution >= 4 is 38.4 Å². The van der Waals surface area contributed by atoms with Gasteiger partial charge in [-0.3, -0.25) is 10.2 Å². The third-order valence-corrected chi connectivity index (χ3v) is 6.50. The molecule has 2 heterocycles. The van der Waals surface area contributed by atoms with E-state index in [1.54, 1.807) is 24.3 Å². The van der Waals surface area contributed by atoms with E-state index in [2.05, 4.69) is 9.97 Å². The number of imidazole rings is 1. The van der Waals surface area contributed by atoms with Crippen molar-refractivity contribution < 1.29 is 22.7 Å². The van der Waals surface area contributed by atoms with Gasteiger partial charge in [-0.25, -0.2) is 13.4 Å². The van der Waals surface area contributed by atoms with Crippen LogP contribution in [0.25, 0.3) is 11.0 Å². The highest BCUT2D eigenvalue weighted by Gasteiger charge is 2.39. The van der Waals surface area contributed by atoms with Crippen molar-refractivity contribution in [1.29, 1.82) is 5.41 Å². The number of H-pyrrole nitrogens is 1. The summed E-state index contributed by atoms with van der Waals surface area (Å²) in [5.74, 6) is -0.405. The van der Waals surface area contributed by atoms with Gasteiger partial charge in [0.05, 0.1) is 50.4 Å². The minimum atomic E-state index is -3.73. The first-order valence-corrected chi connectivity index (χ1v) is 11.6. The summed E-state index contributed by atoms with van der Waals surface area (Å²) >= 11 is 0. The number of nitrogens with zero attached hydrogens (tertiary/aromatic N) is 3. The van der Waals surface area contributed by atoms with E-state index >= 15 is 0 Å². The van der Waals surface area contributed by atoms with Crippen LogP contribution in [0.4, 0.5) is 5.69 Å². The molecule has 11 heteroatoms. The maximum atomic E-state index is 13.2. The summed E-state index contributed by atoms with van der Waals surface area (Å²) in [7, 11) is -0.735. The number of amidine groups is 1. The second-order valence-electron chi connectivity index (χ2n) is 7.44. The van der Waals surface area contributed by atoms with Crippen molar-refractivity contribution in [3.63, 3.8) is 0 Å². The number of hydrogen-bond donors (Lipinski definition) is 2. The van der Waals surface area contributed by atoms with Crippen molar-refractivity contribution in [2.24, 2.45) is 0 Å². The number of aromatic nitrogens is 2. The summed E-state index contributed by atoms with van der Waals surface area (Å²) in [6, 6.07) is 12.3. The number of benzene rings is 2. The maximum Gasteiger partial charge on any atom is 0.213 e. The number of rotatable bonds is 5. The van der Waals surface area contributed by atoms with Crippen LogP contribution in [0.5, 0.6) is 11.5 Å². The highest BCUT2D eigenvalue weighted by atomic mass is 32.2. The fourth-order valence-electron chi connectivity index (χ4n) is 3.64. The molecule has 4 rings (SSSR count). The summed E-state index contributed by atoms with van der Waals surface area (Å²) in [5.41, 5.74) is 1.83. The molecule has 0 amide bonds. The number of hydrogen-bond acceptors (Lipinski definition) is 7. The lowest BCUT2D eigenvalue weighted by atomic mass is 10.0. The summed E-state index contributed by atoms with van der Waals surface area (Å²) in [6.07, 6.45) is 1.04. The number of para-hydroxylation sites is 2. The number of aromatic amines is 1. The molecular weight excluding hydrogens is 434 g/mol. The maximum absolute atomic E-state index is 13.2. The molecule has 3 aromatic rings. The predicted octanol–water partition coefficient (Wildman–Crippen LogP) is 1.95. The Morgan fingerprint density at radius 3 is 2.38 bits per heavy atom. The van der Waals surface area contributed by atoms with E-state index in [-0.39, 0.29) is 24.9 Å². The Kier molecular flexibility index (Phi) is 5.61. The molecule has 0 aliphatic carbocycles. The number of ether oxygens (including phenoxy) is 2. The molecule has 2 aromatic carbocycles. The molecule has 0 bridgehead atoms. The second-order valence-corrected chi connectivity index (χ2v) is 9.42. The molecule has 1 atom stereocenters. The van der Waals surface area contributed by atoms with Gasteiger partial charge in [-0.15, -0.1) is 0 Å². The first-order valence-electron chi connectivity index (χ1n) is 9.73. The number of ketones is 1. The molecule has 1 fully saturated rings. The lowest BCUT2D eigenvalue weighted by Crippen LogP contribution is -2.42. The Morgan fingerprint density at radius 1 is 1.12 bits per heavy atom. The van der Waals surface area contributed by atoms with E-state index in [0.29, 0.717) is 22.7 Å². The van der Waals surface area contributed by atoms with Gasteiger partial charge in [0, 0.05) is 18.2 Å². The topological polar surface area (TPSA) is 129 Å². The molecule has 0 radical (unpaired) electrons. The van der Waals surface area contributed by atoms with Gasteiger partial charge in [0.2, 0.25) is 10.0 Å². The standard InChI is InChI=1S/C21H23N5O5S/c1-30-14-8-13(9-15(10-14)31-2)26-12-25(32(3,28)29)11-18(27)19(20(26)22)21-23-16-6-4-5-7-17(16)24-21/h4-10,19,22H,11-12H2,1-3H3,(H,23,24). The third kappa shape index (κ3) is 4.04. The molecule has 32 heavy (non-hydrogen) atoms. The number of fused-ring (bicyclic) bond motifs is 1. The number of carbonyl (C=O) groups is 1. The minimum absolute atomic E-state index is 0.101. The van der Waals surface area contributed by atoms with E-state index in [0.717, 1.165) is 16.1 Å². The number of methoxy groups -OCH3 is 2. The average molecular weight is 458 g/mol. The smallest absolute Gasteiger partial charge is 0.213 e. The highest BCUT2D eigenvalue weighted by Crippen LogP contribution is 2.33. The summed E-state index contributed by atoms with van der Waals surface area (Å²) in [5, 5.41) is 8.91. The van der Waals surface area contributed by atoms with Gasteiger partial charge >= 0.3 is 0 Å². The Hall–Kier alpha value is -3.44. The Morgan fingerprint density at radius 2 is 1.78 bits per heavy atom. The first-order chi connectivity index (χ1) is 15.2. The largest absolute Gasteiger partial charge is 0.497 e. The number of carbonyl (C=O) groups excluding carboxylic acids is 1. The molecule has 1 aliphatic rings. The monoisotopic (exact) mass is 457 g/mol. The van der Waals surface area contributed by atoms with Crippen LogP contribution in [0.1, 0.15) is 11.7 Å². The van der Waals surface area contributed by atoms with Crippen LogP contribution in [0.2, 0.25) is 0 Å². The second kappa shape index (κ2) is 8.24. The minimum Gasteiger partial charge on any atom is -0.497 e. The normalized spacial score (nSPS) is 18.1. The van der Waals surface area contributed by atoms with Crippen molar-refractivity contribution in [2.75, 3.05) is 38.6 Å². The number of nitrogens with one attached hydrogen (secondary N) is 2. The molecule has 2 N–H and O–H groups in total. The number of Topliss-reactive ketones (excluding diaryl/α,β-unsaturated/α-hetero) is 1. The van der Waals surface area contributed by atoms with Gasteiger partial charge < -0.3 is 19.4 Å². The molecule has 168 valence electrons. The summed E-state index contributed by atoms with van der Waals surface area (Å²) in [4.78, 5) is 22.3. The fourth-order valence-corrected chi connectivity index (χ4v) is 4.33.